The van der Waals surface area contributed by atoms with Gasteiger partial charge in [0.25, 0.3) is 5.56 Å². The van der Waals surface area contributed by atoms with E-state index in [-0.39, 0.29) is 39.9 Å². The summed E-state index contributed by atoms with van der Waals surface area (Å²) in [7, 11) is -5.35. The summed E-state index contributed by atoms with van der Waals surface area (Å²) in [6.07, 6.45) is 1.03. The van der Waals surface area contributed by atoms with Gasteiger partial charge in [-0.1, -0.05) is 55.4 Å². The fourth-order valence-corrected chi connectivity index (χ4v) is 16.3. The predicted octanol–water partition coefficient (Wildman–Crippen LogP) is 4.09. The minimum atomic E-state index is -2.72. The standard InChI is InChI=1S/C22H40N2O6Si2/c1-13(2)31(14(3)4)27-12-19-18(29-32(30-31,15(5)6)16(7)8)10-20(28-19)24-11-17(9)21(25)23-22(24)26/h11,13-16,18-20H,10,12H2,1-9H3,(H,23,25,26)/t18-,19+,20+/m0/s1. The van der Waals surface area contributed by atoms with E-state index in [2.05, 4.69) is 60.4 Å². The highest BCUT2D eigenvalue weighted by atomic mass is 28.5. The van der Waals surface area contributed by atoms with Gasteiger partial charge in [-0.3, -0.25) is 14.3 Å². The molecule has 182 valence electrons. The van der Waals surface area contributed by atoms with Gasteiger partial charge < -0.3 is 17.7 Å². The third-order valence-electron chi connectivity index (χ3n) is 6.98. The van der Waals surface area contributed by atoms with Crippen LogP contribution in [-0.2, 0) is 17.7 Å². The number of aromatic amines is 1. The van der Waals surface area contributed by atoms with Gasteiger partial charge in [0.05, 0.1) is 12.7 Å². The molecule has 0 amide bonds. The molecule has 2 aliphatic rings. The van der Waals surface area contributed by atoms with Crippen LogP contribution in [0.5, 0.6) is 0 Å². The van der Waals surface area contributed by atoms with E-state index in [0.29, 0.717) is 18.6 Å². The maximum atomic E-state index is 12.5. The fourth-order valence-electron chi connectivity index (χ4n) is 5.11. The number of ether oxygens (including phenoxy) is 1. The lowest BCUT2D eigenvalue weighted by Gasteiger charge is -2.51. The predicted molar refractivity (Wildman–Crippen MR) is 128 cm³/mol. The molecule has 32 heavy (non-hydrogen) atoms. The Morgan fingerprint density at radius 1 is 0.938 bits per heavy atom. The van der Waals surface area contributed by atoms with Gasteiger partial charge in [0.2, 0.25) is 0 Å². The van der Waals surface area contributed by atoms with E-state index < -0.39 is 29.0 Å². The second-order valence-electron chi connectivity index (χ2n) is 10.5. The van der Waals surface area contributed by atoms with E-state index in [1.54, 1.807) is 13.1 Å². The van der Waals surface area contributed by atoms with Crippen LogP contribution in [0.1, 0.15) is 73.6 Å². The Labute approximate surface area is 193 Å². The van der Waals surface area contributed by atoms with Crippen LogP contribution in [0.4, 0.5) is 0 Å². The van der Waals surface area contributed by atoms with E-state index in [4.69, 9.17) is 17.7 Å². The first-order valence-corrected chi connectivity index (χ1v) is 15.8. The zero-order valence-corrected chi connectivity index (χ0v) is 22.9. The largest absolute Gasteiger partial charge is 0.414 e. The minimum absolute atomic E-state index is 0.228. The number of H-pyrrole nitrogens is 1. The summed E-state index contributed by atoms with van der Waals surface area (Å²) in [5.41, 5.74) is 0.595. The average Bonchev–Trinajstić information content (AvgIpc) is 3.05. The molecule has 0 unspecified atom stereocenters. The van der Waals surface area contributed by atoms with Crippen LogP contribution >= 0.6 is 0 Å². The third-order valence-corrected chi connectivity index (χ3v) is 17.3. The summed E-state index contributed by atoms with van der Waals surface area (Å²) in [4.78, 5) is 26.7. The number of nitrogens with zero attached hydrogens (tertiary/aromatic N) is 1. The van der Waals surface area contributed by atoms with Crippen molar-refractivity contribution in [1.29, 1.82) is 0 Å². The highest BCUT2D eigenvalue weighted by molar-refractivity contribution is 6.83. The van der Waals surface area contributed by atoms with Gasteiger partial charge in [-0.25, -0.2) is 4.79 Å². The third kappa shape index (κ3) is 4.37. The van der Waals surface area contributed by atoms with Crippen LogP contribution < -0.4 is 11.2 Å². The molecule has 3 atom stereocenters. The molecule has 0 radical (unpaired) electrons. The van der Waals surface area contributed by atoms with Gasteiger partial charge in [-0.15, -0.1) is 0 Å². The number of nitrogens with one attached hydrogen (secondary N) is 1. The second kappa shape index (κ2) is 9.30. The molecule has 0 spiro atoms. The molecule has 2 saturated heterocycles. The Balaban J connectivity index is 2.04. The highest BCUT2D eigenvalue weighted by Crippen LogP contribution is 2.48. The van der Waals surface area contributed by atoms with E-state index in [1.165, 1.54) is 4.57 Å². The van der Waals surface area contributed by atoms with E-state index in [9.17, 15) is 9.59 Å². The van der Waals surface area contributed by atoms with E-state index in [0.717, 1.165) is 0 Å². The summed E-state index contributed by atoms with van der Waals surface area (Å²) >= 11 is 0. The molecule has 0 aliphatic carbocycles. The number of hydrogen-bond donors (Lipinski definition) is 1. The lowest BCUT2D eigenvalue weighted by Crippen LogP contribution is -2.65. The van der Waals surface area contributed by atoms with Gasteiger partial charge in [-0.05, 0) is 29.1 Å². The summed E-state index contributed by atoms with van der Waals surface area (Å²) in [6.45, 7) is 19.5. The van der Waals surface area contributed by atoms with Gasteiger partial charge in [0, 0.05) is 18.2 Å². The van der Waals surface area contributed by atoms with Gasteiger partial charge >= 0.3 is 22.8 Å². The average molecular weight is 485 g/mol. The van der Waals surface area contributed by atoms with Gasteiger partial charge in [0.1, 0.15) is 12.3 Å². The molecule has 0 bridgehead atoms. The summed E-state index contributed by atoms with van der Waals surface area (Å²) < 4.78 is 28.7. The summed E-state index contributed by atoms with van der Waals surface area (Å²) in [6, 6.07) is 0. The van der Waals surface area contributed by atoms with Crippen molar-refractivity contribution in [3.05, 3.63) is 32.6 Å². The van der Waals surface area contributed by atoms with E-state index in [1.807, 2.05) is 0 Å². The molecule has 1 aromatic rings. The Hall–Kier alpha value is -1.05. The van der Waals surface area contributed by atoms with Crippen molar-refractivity contribution in [2.45, 2.75) is 109 Å². The monoisotopic (exact) mass is 484 g/mol. The highest BCUT2D eigenvalue weighted by Gasteiger charge is 2.60. The van der Waals surface area contributed by atoms with Crippen LogP contribution in [0.2, 0.25) is 22.2 Å². The van der Waals surface area contributed by atoms with Crippen molar-refractivity contribution in [2.24, 2.45) is 0 Å². The number of aromatic nitrogens is 2. The van der Waals surface area contributed by atoms with Crippen molar-refractivity contribution in [3.63, 3.8) is 0 Å². The molecule has 2 fully saturated rings. The molecule has 1 aromatic heterocycles. The van der Waals surface area contributed by atoms with Crippen LogP contribution in [-0.4, -0.2) is 45.5 Å². The molecule has 8 nitrogen and oxygen atoms in total. The Morgan fingerprint density at radius 3 is 2.03 bits per heavy atom. The maximum absolute atomic E-state index is 12.5. The molecular weight excluding hydrogens is 444 g/mol. The lowest BCUT2D eigenvalue weighted by molar-refractivity contribution is -0.0566. The first-order valence-electron chi connectivity index (χ1n) is 11.8. The van der Waals surface area contributed by atoms with Crippen molar-refractivity contribution >= 4 is 17.1 Å². The zero-order chi connectivity index (χ0) is 24.0. The van der Waals surface area contributed by atoms with Gasteiger partial charge in [0.15, 0.2) is 0 Å². The number of fused-ring (bicyclic) bond motifs is 1. The number of aryl methyl sites for hydroxylation is 1. The lowest BCUT2D eigenvalue weighted by atomic mass is 10.2. The van der Waals surface area contributed by atoms with Crippen LogP contribution in [0, 0.1) is 6.92 Å². The topological polar surface area (TPSA) is 91.8 Å². The molecule has 3 heterocycles. The molecule has 10 heteroatoms. The summed E-state index contributed by atoms with van der Waals surface area (Å²) in [5, 5.41) is 0. The molecule has 2 aliphatic heterocycles. The minimum Gasteiger partial charge on any atom is -0.414 e. The van der Waals surface area contributed by atoms with E-state index >= 15 is 0 Å². The number of hydrogen-bond acceptors (Lipinski definition) is 6. The molecular formula is C22H40N2O6Si2. The van der Waals surface area contributed by atoms with Crippen molar-refractivity contribution in [1.82, 2.24) is 9.55 Å². The molecule has 0 aromatic carbocycles. The first kappa shape index (κ1) is 25.6. The number of rotatable bonds is 5. The van der Waals surface area contributed by atoms with Crippen molar-refractivity contribution < 1.29 is 17.7 Å². The van der Waals surface area contributed by atoms with Crippen LogP contribution in [0.25, 0.3) is 0 Å². The molecule has 3 rings (SSSR count). The smallest absolute Gasteiger partial charge is 0.335 e. The SMILES string of the molecule is Cc1cn([C@H]2C[C@@H]3O[Si](C(C)C)(C(C)C)O[Si](C(C)C)(C(C)C)OC[C@H]3O2)c(=O)[nH]c1=O. The normalized spacial score (nSPS) is 27.7. The zero-order valence-electron chi connectivity index (χ0n) is 20.9. The Bertz CT molecular complexity index is 910. The second-order valence-corrected chi connectivity index (χ2v) is 19.3. The summed E-state index contributed by atoms with van der Waals surface area (Å²) in [5.74, 6) is 0. The van der Waals surface area contributed by atoms with Crippen LogP contribution in [0.3, 0.4) is 0 Å². The van der Waals surface area contributed by atoms with Crippen molar-refractivity contribution in [3.8, 4) is 0 Å². The van der Waals surface area contributed by atoms with Crippen molar-refractivity contribution in [2.75, 3.05) is 6.61 Å². The molecule has 1 N–H and O–H groups in total. The van der Waals surface area contributed by atoms with Gasteiger partial charge in [-0.2, -0.15) is 0 Å². The first-order chi connectivity index (χ1) is 14.8. The Kier molecular flexibility index (Phi) is 7.44. The Morgan fingerprint density at radius 2 is 1.50 bits per heavy atom. The fraction of sp³-hybridized carbons (Fsp3) is 0.818. The van der Waals surface area contributed by atoms with Crippen LogP contribution in [0.15, 0.2) is 15.8 Å². The maximum Gasteiger partial charge on any atom is 0.335 e. The molecule has 0 saturated carbocycles. The quantitative estimate of drug-likeness (QED) is 0.633.